The third-order valence-electron chi connectivity index (χ3n) is 2.78. The highest BCUT2D eigenvalue weighted by molar-refractivity contribution is 9.10. The van der Waals surface area contributed by atoms with Crippen LogP contribution in [0.4, 0.5) is 0 Å². The number of nitrogens with zero attached hydrogens (tertiary/aromatic N) is 3. The molecule has 0 spiro atoms. The Morgan fingerprint density at radius 3 is 2.78 bits per heavy atom. The number of aromatic nitrogens is 3. The van der Waals surface area contributed by atoms with Crippen molar-refractivity contribution in [2.75, 3.05) is 0 Å². The van der Waals surface area contributed by atoms with Crippen LogP contribution in [0.1, 0.15) is 11.4 Å². The first-order valence-electron chi connectivity index (χ1n) is 5.50. The van der Waals surface area contributed by atoms with Gasteiger partial charge in [-0.3, -0.25) is 4.40 Å². The second-order valence-electron chi connectivity index (χ2n) is 4.00. The number of hydrogen-bond acceptors (Lipinski definition) is 3. The highest BCUT2D eigenvalue weighted by Crippen LogP contribution is 2.20. The lowest BCUT2D eigenvalue weighted by Gasteiger charge is -2.03. The van der Waals surface area contributed by atoms with Crippen molar-refractivity contribution in [1.82, 2.24) is 14.6 Å². The van der Waals surface area contributed by atoms with E-state index in [0.29, 0.717) is 6.42 Å². The van der Waals surface area contributed by atoms with E-state index in [-0.39, 0.29) is 5.75 Å². The summed E-state index contributed by atoms with van der Waals surface area (Å²) in [6, 6.07) is 11.1. The molecule has 0 saturated heterocycles. The van der Waals surface area contributed by atoms with Crippen molar-refractivity contribution in [1.29, 1.82) is 0 Å². The van der Waals surface area contributed by atoms with Gasteiger partial charge in [0.1, 0.15) is 11.6 Å². The van der Waals surface area contributed by atoms with Crippen LogP contribution in [0.2, 0.25) is 0 Å². The Morgan fingerprint density at radius 2 is 1.94 bits per heavy atom. The Bertz CT molecular complexity index is 708. The third kappa shape index (κ3) is 1.97. The summed E-state index contributed by atoms with van der Waals surface area (Å²) in [5, 5.41) is 18.0. The van der Waals surface area contributed by atoms with Gasteiger partial charge in [-0.2, -0.15) is 0 Å². The van der Waals surface area contributed by atoms with E-state index in [9.17, 15) is 5.11 Å². The Labute approximate surface area is 112 Å². The number of phenolic OH excluding ortho intramolecular Hbond substituents is 1. The second kappa shape index (κ2) is 4.42. The molecule has 0 radical (unpaired) electrons. The van der Waals surface area contributed by atoms with E-state index in [1.165, 1.54) is 0 Å². The molecule has 4 nitrogen and oxygen atoms in total. The number of benzene rings is 1. The summed E-state index contributed by atoms with van der Waals surface area (Å²) in [6.45, 7) is 0. The van der Waals surface area contributed by atoms with Crippen LogP contribution < -0.4 is 0 Å². The van der Waals surface area contributed by atoms with Crippen LogP contribution in [-0.4, -0.2) is 19.7 Å². The number of aromatic hydroxyl groups is 1. The predicted octanol–water partition coefficient (Wildman–Crippen LogP) is 2.79. The molecule has 0 fully saturated rings. The summed E-state index contributed by atoms with van der Waals surface area (Å²) in [5.41, 5.74) is 1.63. The first kappa shape index (κ1) is 11.2. The SMILES string of the molecule is Oc1ccccc1Cc1nnc2ccc(Br)cn12. The van der Waals surface area contributed by atoms with Crippen LogP contribution in [0.5, 0.6) is 5.75 Å². The van der Waals surface area contributed by atoms with Crippen molar-refractivity contribution < 1.29 is 5.11 Å². The minimum Gasteiger partial charge on any atom is -0.508 e. The smallest absolute Gasteiger partial charge is 0.160 e. The monoisotopic (exact) mass is 303 g/mol. The summed E-state index contributed by atoms with van der Waals surface area (Å²) >= 11 is 3.43. The molecule has 2 aromatic heterocycles. The Morgan fingerprint density at radius 1 is 1.11 bits per heavy atom. The van der Waals surface area contributed by atoms with Gasteiger partial charge >= 0.3 is 0 Å². The van der Waals surface area contributed by atoms with Crippen LogP contribution in [-0.2, 0) is 6.42 Å². The molecule has 1 aromatic carbocycles. The molecule has 0 bridgehead atoms. The standard InChI is InChI=1S/C13H10BrN3O/c14-10-5-6-12-15-16-13(17(12)8-10)7-9-3-1-2-4-11(9)18/h1-6,8,18H,7H2. The molecule has 0 amide bonds. The molecular weight excluding hydrogens is 294 g/mol. The quantitative estimate of drug-likeness (QED) is 0.792. The van der Waals surface area contributed by atoms with E-state index in [4.69, 9.17) is 0 Å². The van der Waals surface area contributed by atoms with E-state index in [1.54, 1.807) is 12.1 Å². The highest BCUT2D eigenvalue weighted by Gasteiger charge is 2.08. The van der Waals surface area contributed by atoms with E-state index in [2.05, 4.69) is 26.1 Å². The maximum absolute atomic E-state index is 9.77. The second-order valence-corrected chi connectivity index (χ2v) is 4.91. The number of phenols is 1. The highest BCUT2D eigenvalue weighted by atomic mass is 79.9. The average Bonchev–Trinajstić information content (AvgIpc) is 2.75. The van der Waals surface area contributed by atoms with Crippen LogP contribution in [0.25, 0.3) is 5.65 Å². The van der Waals surface area contributed by atoms with Gasteiger partial charge in [-0.25, -0.2) is 0 Å². The van der Waals surface area contributed by atoms with Crippen molar-refractivity contribution in [2.24, 2.45) is 0 Å². The van der Waals surface area contributed by atoms with E-state index in [1.807, 2.05) is 34.9 Å². The largest absolute Gasteiger partial charge is 0.508 e. The van der Waals surface area contributed by atoms with Gasteiger partial charge in [0.25, 0.3) is 0 Å². The molecule has 18 heavy (non-hydrogen) atoms. The number of pyridine rings is 1. The van der Waals surface area contributed by atoms with E-state index < -0.39 is 0 Å². The molecule has 90 valence electrons. The first-order valence-corrected chi connectivity index (χ1v) is 6.29. The van der Waals surface area contributed by atoms with Crippen LogP contribution >= 0.6 is 15.9 Å². The minimum absolute atomic E-state index is 0.282. The van der Waals surface area contributed by atoms with E-state index in [0.717, 1.165) is 21.5 Å². The molecule has 5 heteroatoms. The van der Waals surface area contributed by atoms with Crippen molar-refractivity contribution in [3.63, 3.8) is 0 Å². The predicted molar refractivity (Wildman–Crippen MR) is 71.6 cm³/mol. The van der Waals surface area contributed by atoms with Crippen LogP contribution in [0.3, 0.4) is 0 Å². The van der Waals surface area contributed by atoms with Gasteiger partial charge in [-0.15, -0.1) is 10.2 Å². The molecule has 3 aromatic rings. The van der Waals surface area contributed by atoms with Gasteiger partial charge in [-0.1, -0.05) is 18.2 Å². The first-order chi connectivity index (χ1) is 8.74. The fraction of sp³-hybridized carbons (Fsp3) is 0.0769. The van der Waals surface area contributed by atoms with Gasteiger partial charge < -0.3 is 5.11 Å². The lowest BCUT2D eigenvalue weighted by molar-refractivity contribution is 0.469. The lowest BCUT2D eigenvalue weighted by atomic mass is 10.1. The molecule has 0 aliphatic rings. The van der Waals surface area contributed by atoms with Crippen molar-refractivity contribution in [2.45, 2.75) is 6.42 Å². The number of hydrogen-bond donors (Lipinski definition) is 1. The molecule has 3 rings (SSSR count). The van der Waals surface area contributed by atoms with Crippen LogP contribution in [0.15, 0.2) is 47.1 Å². The maximum atomic E-state index is 9.77. The Hall–Kier alpha value is -1.88. The summed E-state index contributed by atoms with van der Waals surface area (Å²) < 4.78 is 2.88. The molecule has 1 N–H and O–H groups in total. The number of fused-ring (bicyclic) bond motifs is 1. The fourth-order valence-corrected chi connectivity index (χ4v) is 2.20. The third-order valence-corrected chi connectivity index (χ3v) is 3.25. The minimum atomic E-state index is 0.282. The van der Waals surface area contributed by atoms with Gasteiger partial charge in [0.2, 0.25) is 0 Å². The summed E-state index contributed by atoms with van der Waals surface area (Å²) in [6.07, 6.45) is 2.47. The van der Waals surface area contributed by atoms with Gasteiger partial charge in [0, 0.05) is 22.7 Å². The number of para-hydroxylation sites is 1. The van der Waals surface area contributed by atoms with Crippen molar-refractivity contribution >= 4 is 21.6 Å². The summed E-state index contributed by atoms with van der Waals surface area (Å²) in [5.74, 6) is 1.08. The molecule has 0 aliphatic carbocycles. The Kier molecular flexibility index (Phi) is 2.76. The van der Waals surface area contributed by atoms with Crippen molar-refractivity contribution in [3.05, 3.63) is 58.5 Å². The van der Waals surface area contributed by atoms with Gasteiger partial charge in [0.05, 0.1) is 0 Å². The summed E-state index contributed by atoms with van der Waals surface area (Å²) in [4.78, 5) is 0. The topological polar surface area (TPSA) is 50.4 Å². The van der Waals surface area contributed by atoms with Gasteiger partial charge in [-0.05, 0) is 34.1 Å². The Balaban J connectivity index is 2.05. The summed E-state index contributed by atoms with van der Waals surface area (Å²) in [7, 11) is 0. The molecule has 0 aliphatic heterocycles. The fourth-order valence-electron chi connectivity index (χ4n) is 1.86. The lowest BCUT2D eigenvalue weighted by Crippen LogP contribution is -1.96. The van der Waals surface area contributed by atoms with Crippen LogP contribution in [0, 0.1) is 0 Å². The average molecular weight is 304 g/mol. The van der Waals surface area contributed by atoms with Gasteiger partial charge in [0.15, 0.2) is 5.65 Å². The van der Waals surface area contributed by atoms with E-state index >= 15 is 0 Å². The zero-order chi connectivity index (χ0) is 12.5. The number of halogens is 1. The maximum Gasteiger partial charge on any atom is 0.160 e. The molecule has 0 atom stereocenters. The normalized spacial score (nSPS) is 10.9. The zero-order valence-corrected chi connectivity index (χ0v) is 11.0. The molecule has 0 saturated carbocycles. The molecule has 2 heterocycles. The molecule has 0 unspecified atom stereocenters. The zero-order valence-electron chi connectivity index (χ0n) is 9.42. The molecular formula is C13H10BrN3O. The number of rotatable bonds is 2. The van der Waals surface area contributed by atoms with Crippen molar-refractivity contribution in [3.8, 4) is 5.75 Å².